The molecule has 0 bridgehead atoms. The molecule has 0 aliphatic carbocycles. The van der Waals surface area contributed by atoms with Gasteiger partial charge in [-0.1, -0.05) is 31.1 Å². The number of aliphatic carboxylic acids is 1. The molecule has 114 valence electrons. The number of rotatable bonds is 6. The molecule has 0 spiro atoms. The summed E-state index contributed by atoms with van der Waals surface area (Å²) in [5.74, 6) is -2.01. The van der Waals surface area contributed by atoms with E-state index in [-0.39, 0.29) is 11.6 Å². The van der Waals surface area contributed by atoms with Crippen LogP contribution in [0, 0.1) is 5.92 Å². The lowest BCUT2D eigenvalue weighted by atomic mass is 10.1. The zero-order valence-electron chi connectivity index (χ0n) is 11.6. The maximum absolute atomic E-state index is 12.1. The van der Waals surface area contributed by atoms with E-state index in [1.54, 1.807) is 38.1 Å². The van der Waals surface area contributed by atoms with Gasteiger partial charge in [0.05, 0.1) is 0 Å². The van der Waals surface area contributed by atoms with Gasteiger partial charge >= 0.3 is 5.97 Å². The Morgan fingerprint density at radius 3 is 2.67 bits per heavy atom. The predicted molar refractivity (Wildman–Crippen MR) is 76.0 cm³/mol. The fourth-order valence-electron chi connectivity index (χ4n) is 1.93. The van der Waals surface area contributed by atoms with E-state index in [0.29, 0.717) is 11.0 Å². The van der Waals surface area contributed by atoms with Crippen LogP contribution in [0.2, 0.25) is 0 Å². The van der Waals surface area contributed by atoms with Crippen LogP contribution in [0.4, 0.5) is 0 Å². The smallest absolute Gasteiger partial charge is 0.321 e. The van der Waals surface area contributed by atoms with Gasteiger partial charge in [-0.3, -0.25) is 4.79 Å². The van der Waals surface area contributed by atoms with Crippen LogP contribution in [0.5, 0.6) is 0 Å². The highest BCUT2D eigenvalue weighted by Gasteiger charge is 2.28. The highest BCUT2D eigenvalue weighted by molar-refractivity contribution is 7.88. The van der Waals surface area contributed by atoms with Gasteiger partial charge in [-0.05, 0) is 18.1 Å². The van der Waals surface area contributed by atoms with Gasteiger partial charge in [-0.25, -0.2) is 13.1 Å². The normalized spacial score (nSPS) is 13.7. The first-order chi connectivity index (χ1) is 9.80. The van der Waals surface area contributed by atoms with Crippen molar-refractivity contribution in [3.8, 4) is 0 Å². The first kappa shape index (κ1) is 15.5. The molecule has 21 heavy (non-hydrogen) atoms. The van der Waals surface area contributed by atoms with Gasteiger partial charge in [-0.15, -0.1) is 0 Å². The molecule has 7 nitrogen and oxygen atoms in total. The monoisotopic (exact) mass is 312 g/mol. The minimum absolute atomic E-state index is 0.256. The zero-order chi connectivity index (χ0) is 15.6. The van der Waals surface area contributed by atoms with Crippen molar-refractivity contribution in [1.29, 1.82) is 0 Å². The number of hydrogen-bond acceptors (Lipinski definition) is 5. The van der Waals surface area contributed by atoms with Gasteiger partial charge in [0, 0.05) is 5.39 Å². The zero-order valence-corrected chi connectivity index (χ0v) is 12.4. The van der Waals surface area contributed by atoms with E-state index in [2.05, 4.69) is 9.88 Å². The number of aromatic nitrogens is 1. The Kier molecular flexibility index (Phi) is 4.29. The molecule has 0 amide bonds. The third kappa shape index (κ3) is 3.59. The average molecular weight is 312 g/mol. The van der Waals surface area contributed by atoms with Gasteiger partial charge in [0.25, 0.3) is 0 Å². The molecular weight excluding hydrogens is 296 g/mol. The molecule has 1 heterocycles. The third-order valence-electron chi connectivity index (χ3n) is 3.02. The Morgan fingerprint density at radius 2 is 2.05 bits per heavy atom. The van der Waals surface area contributed by atoms with Gasteiger partial charge in [0.1, 0.15) is 17.5 Å². The summed E-state index contributed by atoms with van der Waals surface area (Å²) in [7, 11) is -3.84. The molecule has 2 rings (SSSR count). The minimum Gasteiger partial charge on any atom is -0.480 e. The molecule has 0 aliphatic heterocycles. The number of hydrogen-bond donors (Lipinski definition) is 2. The second-order valence-corrected chi connectivity index (χ2v) is 6.82. The van der Waals surface area contributed by atoms with E-state index in [0.717, 1.165) is 0 Å². The molecule has 0 fully saturated rings. The van der Waals surface area contributed by atoms with E-state index in [1.165, 1.54) is 0 Å². The van der Waals surface area contributed by atoms with Gasteiger partial charge in [-0.2, -0.15) is 0 Å². The molecule has 0 unspecified atom stereocenters. The summed E-state index contributed by atoms with van der Waals surface area (Å²) in [5.41, 5.74) is 0.743. The Morgan fingerprint density at radius 1 is 1.38 bits per heavy atom. The third-order valence-corrected chi connectivity index (χ3v) is 4.28. The number of carboxylic acids is 1. The summed E-state index contributed by atoms with van der Waals surface area (Å²) >= 11 is 0. The highest BCUT2D eigenvalue weighted by atomic mass is 32.2. The van der Waals surface area contributed by atoms with Crippen LogP contribution in [0.15, 0.2) is 28.8 Å². The van der Waals surface area contributed by atoms with Crippen LogP contribution < -0.4 is 4.72 Å². The largest absolute Gasteiger partial charge is 0.480 e. The molecule has 2 aromatic rings. The van der Waals surface area contributed by atoms with Gasteiger partial charge in [0.15, 0.2) is 5.58 Å². The van der Waals surface area contributed by atoms with E-state index in [9.17, 15) is 13.2 Å². The van der Waals surface area contributed by atoms with Crippen molar-refractivity contribution in [2.45, 2.75) is 25.6 Å². The molecule has 1 atom stereocenters. The highest BCUT2D eigenvalue weighted by Crippen LogP contribution is 2.19. The number of fused-ring (bicyclic) bond motifs is 1. The molecule has 2 N–H and O–H groups in total. The molecule has 0 saturated heterocycles. The van der Waals surface area contributed by atoms with E-state index >= 15 is 0 Å². The lowest BCUT2D eigenvalue weighted by Crippen LogP contribution is -2.44. The summed E-state index contributed by atoms with van der Waals surface area (Å²) < 4.78 is 31.4. The molecule has 0 radical (unpaired) electrons. The van der Waals surface area contributed by atoms with E-state index in [1.807, 2.05) is 0 Å². The van der Waals surface area contributed by atoms with Crippen LogP contribution >= 0.6 is 0 Å². The SMILES string of the molecule is CC(C)[C@@H](NS(=O)(=O)Cc1noc2ccccc12)C(=O)O. The second kappa shape index (κ2) is 5.82. The Labute approximate surface area is 122 Å². The Balaban J connectivity index is 2.23. The summed E-state index contributed by atoms with van der Waals surface area (Å²) in [4.78, 5) is 11.1. The molecule has 0 saturated carbocycles. The van der Waals surface area contributed by atoms with E-state index < -0.39 is 27.8 Å². The van der Waals surface area contributed by atoms with Crippen molar-refractivity contribution in [3.05, 3.63) is 30.0 Å². The average Bonchev–Trinajstić information content (AvgIpc) is 2.78. The fraction of sp³-hybridized carbons (Fsp3) is 0.385. The van der Waals surface area contributed by atoms with Crippen LogP contribution in [0.25, 0.3) is 11.0 Å². The van der Waals surface area contributed by atoms with Crippen molar-refractivity contribution < 1.29 is 22.8 Å². The molecule has 0 aliphatic rings. The number of carboxylic acid groups (broad SMARTS) is 1. The molecule has 1 aromatic heterocycles. The molecule has 8 heteroatoms. The summed E-state index contributed by atoms with van der Waals surface area (Å²) in [5, 5.41) is 13.4. The van der Waals surface area contributed by atoms with Crippen molar-refractivity contribution in [1.82, 2.24) is 9.88 Å². The van der Waals surface area contributed by atoms with E-state index in [4.69, 9.17) is 9.63 Å². The first-order valence-electron chi connectivity index (χ1n) is 6.36. The van der Waals surface area contributed by atoms with Crippen LogP contribution in [-0.4, -0.2) is 30.7 Å². The summed E-state index contributed by atoms with van der Waals surface area (Å²) in [6.45, 7) is 3.26. The number of sulfonamides is 1. The maximum Gasteiger partial charge on any atom is 0.321 e. The van der Waals surface area contributed by atoms with Crippen LogP contribution in [0.3, 0.4) is 0 Å². The lowest BCUT2D eigenvalue weighted by Gasteiger charge is -2.17. The summed E-state index contributed by atoms with van der Waals surface area (Å²) in [6.07, 6.45) is 0. The number of carbonyl (C=O) groups is 1. The number of benzene rings is 1. The standard InChI is InChI=1S/C13H16N2O5S/c1-8(2)12(13(16)17)15-21(18,19)7-10-9-5-3-4-6-11(9)20-14-10/h3-6,8,12,15H,7H2,1-2H3,(H,16,17)/t12-/m1/s1. The van der Waals surface area contributed by atoms with Crippen molar-refractivity contribution in [3.63, 3.8) is 0 Å². The molecule has 1 aromatic carbocycles. The Bertz CT molecular complexity index is 751. The van der Waals surface area contributed by atoms with Crippen molar-refractivity contribution in [2.75, 3.05) is 0 Å². The number of nitrogens with one attached hydrogen (secondary N) is 1. The quantitative estimate of drug-likeness (QED) is 0.833. The fourth-order valence-corrected chi connectivity index (χ4v) is 3.34. The topological polar surface area (TPSA) is 110 Å². The van der Waals surface area contributed by atoms with Gasteiger partial charge in [0.2, 0.25) is 10.0 Å². The van der Waals surface area contributed by atoms with Gasteiger partial charge < -0.3 is 9.63 Å². The molecular formula is C13H16N2O5S. The Hall–Kier alpha value is -1.93. The maximum atomic E-state index is 12.1. The summed E-state index contributed by atoms with van der Waals surface area (Å²) in [6, 6.07) is 5.71. The van der Waals surface area contributed by atoms with Crippen molar-refractivity contribution >= 4 is 27.0 Å². The minimum atomic E-state index is -3.84. The lowest BCUT2D eigenvalue weighted by molar-refractivity contribution is -0.140. The first-order valence-corrected chi connectivity index (χ1v) is 8.01. The van der Waals surface area contributed by atoms with Crippen LogP contribution in [0.1, 0.15) is 19.5 Å². The second-order valence-electron chi connectivity index (χ2n) is 5.06. The predicted octanol–water partition coefficient (Wildman–Crippen LogP) is 1.36. The number of nitrogens with zero attached hydrogens (tertiary/aromatic N) is 1. The van der Waals surface area contributed by atoms with Crippen LogP contribution in [-0.2, 0) is 20.6 Å². The number of para-hydroxylation sites is 1. The van der Waals surface area contributed by atoms with Crippen molar-refractivity contribution in [2.24, 2.45) is 5.92 Å².